The van der Waals surface area contributed by atoms with E-state index in [1.165, 1.54) is 141 Å². The van der Waals surface area contributed by atoms with E-state index in [2.05, 4.69) is 45.1 Å². The number of aliphatic carboxylic acids is 1. The first-order valence-electron chi connectivity index (χ1n) is 29.3. The number of aliphatic hydroxyl groups is 2. The number of carboxylic acid groups (broad SMARTS) is 1. The number of rotatable bonds is 50. The summed E-state index contributed by atoms with van der Waals surface area (Å²) in [5.74, 6) is -3.10. The smallest absolute Gasteiger partial charge is 0.335 e. The molecule has 0 bridgehead atoms. The van der Waals surface area contributed by atoms with Crippen LogP contribution >= 0.6 is 0 Å². The minimum absolute atomic E-state index is 0.0667. The minimum atomic E-state index is -1.90. The van der Waals surface area contributed by atoms with Gasteiger partial charge < -0.3 is 39.0 Å². The van der Waals surface area contributed by atoms with Crippen molar-refractivity contribution in [2.75, 3.05) is 13.2 Å². The van der Waals surface area contributed by atoms with Gasteiger partial charge in [0, 0.05) is 19.3 Å². The number of aliphatic hydroxyl groups excluding tert-OH is 2. The van der Waals surface area contributed by atoms with Crippen molar-refractivity contribution in [3.63, 3.8) is 0 Å². The van der Waals surface area contributed by atoms with Crippen LogP contribution < -0.4 is 0 Å². The molecule has 1 aliphatic rings. The fourth-order valence-corrected chi connectivity index (χ4v) is 8.99. The third kappa shape index (κ3) is 38.4. The molecule has 12 nitrogen and oxygen atoms in total. The lowest BCUT2D eigenvalue weighted by molar-refractivity contribution is -0.301. The van der Waals surface area contributed by atoms with Crippen LogP contribution in [0.4, 0.5) is 0 Å². The lowest BCUT2D eigenvalue weighted by Crippen LogP contribution is -2.61. The van der Waals surface area contributed by atoms with E-state index in [0.717, 1.165) is 77.0 Å². The Bertz CT molecular complexity index is 1340. The lowest BCUT2D eigenvalue weighted by Gasteiger charge is -2.40. The van der Waals surface area contributed by atoms with Gasteiger partial charge in [0.2, 0.25) is 0 Å². The topological polar surface area (TPSA) is 175 Å². The molecule has 1 fully saturated rings. The molecule has 1 saturated heterocycles. The molecule has 3 N–H and O–H groups in total. The maximum absolute atomic E-state index is 13.1. The summed E-state index contributed by atoms with van der Waals surface area (Å²) in [7, 11) is 0. The average Bonchev–Trinajstić information content (AvgIpc) is 3.35. The average molecular weight is 1010 g/mol. The summed E-state index contributed by atoms with van der Waals surface area (Å²) >= 11 is 0. The van der Waals surface area contributed by atoms with Crippen LogP contribution in [0.3, 0.4) is 0 Å². The number of carbonyl (C=O) groups is 4. The Kier molecular flexibility index (Phi) is 44.9. The van der Waals surface area contributed by atoms with Crippen molar-refractivity contribution in [2.24, 2.45) is 0 Å². The molecule has 71 heavy (non-hydrogen) atoms. The van der Waals surface area contributed by atoms with Crippen LogP contribution in [0.25, 0.3) is 0 Å². The minimum Gasteiger partial charge on any atom is -0.479 e. The molecule has 6 atom stereocenters. The molecule has 1 heterocycles. The van der Waals surface area contributed by atoms with Crippen molar-refractivity contribution < 1.29 is 58.2 Å². The zero-order valence-electron chi connectivity index (χ0n) is 45.5. The van der Waals surface area contributed by atoms with Gasteiger partial charge in [-0.1, -0.05) is 231 Å². The Hall–Kier alpha value is -2.80. The second-order valence-electron chi connectivity index (χ2n) is 20.3. The highest BCUT2D eigenvalue weighted by molar-refractivity contribution is 5.74. The van der Waals surface area contributed by atoms with E-state index in [0.29, 0.717) is 19.3 Å². The predicted octanol–water partition coefficient (Wildman–Crippen LogP) is 14.7. The fourth-order valence-electron chi connectivity index (χ4n) is 8.99. The maximum Gasteiger partial charge on any atom is 0.335 e. The molecule has 6 unspecified atom stereocenters. The SMILES string of the molecule is CCCCC/C=C\C/C=C\CCCCCCCCCC(=O)OCC(COC1OC(C(=O)O)C(O)C(O)C1OC(=O)CCCCCCCCCCCCCCCCC)OC(=O)CCCCCCCCCCC. The Morgan fingerprint density at radius 2 is 0.845 bits per heavy atom. The van der Waals surface area contributed by atoms with Gasteiger partial charge in [0.05, 0.1) is 6.61 Å². The highest BCUT2D eigenvalue weighted by Crippen LogP contribution is 2.26. The molecular formula is C59H106O12. The number of esters is 3. The van der Waals surface area contributed by atoms with Crippen molar-refractivity contribution in [3.05, 3.63) is 24.3 Å². The van der Waals surface area contributed by atoms with Gasteiger partial charge >= 0.3 is 23.9 Å². The van der Waals surface area contributed by atoms with E-state index in [-0.39, 0.29) is 25.9 Å². The van der Waals surface area contributed by atoms with E-state index in [9.17, 15) is 34.5 Å². The number of allylic oxidation sites excluding steroid dienone is 4. The van der Waals surface area contributed by atoms with Crippen molar-refractivity contribution in [1.82, 2.24) is 0 Å². The van der Waals surface area contributed by atoms with Crippen LogP contribution in [-0.4, -0.2) is 89.2 Å². The third-order valence-corrected chi connectivity index (χ3v) is 13.5. The quantitative estimate of drug-likeness (QED) is 0.0228. The Labute approximate surface area is 432 Å². The Balaban J connectivity index is 2.64. The highest BCUT2D eigenvalue weighted by Gasteiger charge is 2.50. The van der Waals surface area contributed by atoms with Crippen LogP contribution in [0.1, 0.15) is 278 Å². The van der Waals surface area contributed by atoms with Crippen molar-refractivity contribution in [3.8, 4) is 0 Å². The fraction of sp³-hybridized carbons (Fsp3) is 0.864. The van der Waals surface area contributed by atoms with Gasteiger partial charge in [0.1, 0.15) is 18.8 Å². The lowest BCUT2D eigenvalue weighted by atomic mass is 9.98. The van der Waals surface area contributed by atoms with Crippen molar-refractivity contribution >= 4 is 23.9 Å². The van der Waals surface area contributed by atoms with Crippen LogP contribution in [0.5, 0.6) is 0 Å². The summed E-state index contributed by atoms with van der Waals surface area (Å²) in [6, 6.07) is 0. The molecule has 0 amide bonds. The zero-order valence-corrected chi connectivity index (χ0v) is 45.5. The third-order valence-electron chi connectivity index (χ3n) is 13.5. The number of carboxylic acids is 1. The summed E-state index contributed by atoms with van der Waals surface area (Å²) in [6.07, 6.45) is 41.6. The second kappa shape index (κ2) is 48.2. The van der Waals surface area contributed by atoms with Gasteiger partial charge in [0.25, 0.3) is 0 Å². The van der Waals surface area contributed by atoms with E-state index >= 15 is 0 Å². The molecule has 0 spiro atoms. The van der Waals surface area contributed by atoms with Gasteiger partial charge in [0.15, 0.2) is 24.6 Å². The summed E-state index contributed by atoms with van der Waals surface area (Å²) < 4.78 is 28.4. The molecule has 1 rings (SSSR count). The Morgan fingerprint density at radius 1 is 0.465 bits per heavy atom. The van der Waals surface area contributed by atoms with Gasteiger partial charge in [-0.3, -0.25) is 14.4 Å². The molecule has 0 radical (unpaired) electrons. The number of hydrogen-bond donors (Lipinski definition) is 3. The summed E-state index contributed by atoms with van der Waals surface area (Å²) in [5.41, 5.74) is 0. The van der Waals surface area contributed by atoms with Gasteiger partial charge in [-0.15, -0.1) is 0 Å². The van der Waals surface area contributed by atoms with Crippen LogP contribution in [-0.2, 0) is 42.9 Å². The normalized spacial score (nSPS) is 18.6. The summed E-state index contributed by atoms with van der Waals surface area (Å²) in [5, 5.41) is 31.4. The largest absolute Gasteiger partial charge is 0.479 e. The maximum atomic E-state index is 13.1. The van der Waals surface area contributed by atoms with Gasteiger partial charge in [-0.2, -0.15) is 0 Å². The monoisotopic (exact) mass is 1010 g/mol. The van der Waals surface area contributed by atoms with E-state index in [1.54, 1.807) is 0 Å². The molecular weight excluding hydrogens is 901 g/mol. The van der Waals surface area contributed by atoms with E-state index in [4.69, 9.17) is 23.7 Å². The van der Waals surface area contributed by atoms with E-state index in [1.807, 2.05) is 0 Å². The highest BCUT2D eigenvalue weighted by atomic mass is 16.7. The van der Waals surface area contributed by atoms with Gasteiger partial charge in [-0.25, -0.2) is 4.79 Å². The van der Waals surface area contributed by atoms with Crippen LogP contribution in [0.15, 0.2) is 24.3 Å². The number of unbranched alkanes of at least 4 members (excludes halogenated alkanes) is 32. The molecule has 0 saturated carbocycles. The predicted molar refractivity (Wildman–Crippen MR) is 285 cm³/mol. The molecule has 1 aliphatic heterocycles. The molecule has 414 valence electrons. The molecule has 0 aliphatic carbocycles. The Morgan fingerprint density at radius 3 is 1.30 bits per heavy atom. The summed E-state index contributed by atoms with van der Waals surface area (Å²) in [4.78, 5) is 51.0. The number of hydrogen-bond acceptors (Lipinski definition) is 11. The molecule has 0 aromatic rings. The first-order valence-corrected chi connectivity index (χ1v) is 29.3. The first kappa shape index (κ1) is 66.2. The molecule has 12 heteroatoms. The van der Waals surface area contributed by atoms with Crippen molar-refractivity contribution in [2.45, 2.75) is 314 Å². The molecule has 0 aromatic heterocycles. The van der Waals surface area contributed by atoms with Crippen LogP contribution in [0.2, 0.25) is 0 Å². The second-order valence-corrected chi connectivity index (χ2v) is 20.3. The van der Waals surface area contributed by atoms with E-state index < -0.39 is 67.3 Å². The first-order chi connectivity index (χ1) is 34.6. The van der Waals surface area contributed by atoms with Crippen molar-refractivity contribution in [1.29, 1.82) is 0 Å². The molecule has 0 aromatic carbocycles. The summed E-state index contributed by atoms with van der Waals surface area (Å²) in [6.45, 7) is 5.95. The number of ether oxygens (including phenoxy) is 5. The van der Waals surface area contributed by atoms with Gasteiger partial charge in [-0.05, 0) is 51.4 Å². The zero-order chi connectivity index (χ0) is 51.8. The number of carbonyl (C=O) groups excluding carboxylic acids is 3. The van der Waals surface area contributed by atoms with Crippen LogP contribution in [0, 0.1) is 0 Å². The standard InChI is InChI=1S/C59H106O12/c1-4-7-10-13-16-19-21-23-25-26-28-29-31-34-36-39-42-45-51(60)67-48-50(69-52(61)46-43-40-37-33-18-15-12-9-6-3)49-68-59-57(55(64)54(63)56(71-59)58(65)66)70-53(62)47-44-41-38-35-32-30-27-24-22-20-17-14-11-8-5-2/h16,19,23,25,50,54-57,59,63-64H,4-15,17-18,20-22,24,26-49H2,1-3H3,(H,65,66)/b19-16-,25-23-.